The lowest BCUT2D eigenvalue weighted by Crippen LogP contribution is -2.46. The van der Waals surface area contributed by atoms with Crippen molar-refractivity contribution in [2.45, 2.75) is 32.2 Å². The zero-order valence-corrected chi connectivity index (χ0v) is 20.9. The lowest BCUT2D eigenvalue weighted by Gasteiger charge is -2.31. The van der Waals surface area contributed by atoms with Crippen LogP contribution in [0, 0.1) is 5.92 Å². The number of nitrogens with zero attached hydrogens (tertiary/aromatic N) is 1. The number of piperidine rings is 1. The predicted molar refractivity (Wildman–Crippen MR) is 131 cm³/mol. The molecule has 1 saturated heterocycles. The van der Waals surface area contributed by atoms with E-state index in [2.05, 4.69) is 5.32 Å². The molecule has 9 heteroatoms. The van der Waals surface area contributed by atoms with Crippen molar-refractivity contribution >= 4 is 15.9 Å². The number of sulfonamides is 1. The van der Waals surface area contributed by atoms with Crippen molar-refractivity contribution in [3.63, 3.8) is 0 Å². The van der Waals surface area contributed by atoms with E-state index in [1.165, 1.54) is 18.5 Å². The van der Waals surface area contributed by atoms with Gasteiger partial charge in [0.15, 0.2) is 11.5 Å². The normalized spacial score (nSPS) is 16.6. The standard InChI is InChI=1S/C25H34N2O6S/c1-31-22-14-13-20(23(32-2)24(22)33-3)17-26-25(28)21-12-7-15-27(18-21)34(29,30)16-8-11-19-9-5-4-6-10-19/h4-6,9-10,13-14,21H,7-8,11-12,15-18H2,1-3H3,(H,26,28)/t21-/m0/s1. The van der Waals surface area contributed by atoms with Crippen molar-refractivity contribution in [3.05, 3.63) is 53.6 Å². The minimum absolute atomic E-state index is 0.0824. The molecule has 0 spiro atoms. The summed E-state index contributed by atoms with van der Waals surface area (Å²) in [6.45, 7) is 0.909. The molecule has 1 aliphatic rings. The average Bonchev–Trinajstić information content (AvgIpc) is 2.87. The molecule has 0 unspecified atom stereocenters. The fourth-order valence-corrected chi connectivity index (χ4v) is 5.85. The van der Waals surface area contributed by atoms with E-state index in [0.29, 0.717) is 49.5 Å². The number of nitrogens with one attached hydrogen (secondary N) is 1. The smallest absolute Gasteiger partial charge is 0.224 e. The van der Waals surface area contributed by atoms with Crippen LogP contribution in [-0.2, 0) is 27.8 Å². The van der Waals surface area contributed by atoms with Crippen LogP contribution < -0.4 is 19.5 Å². The molecule has 1 heterocycles. The highest BCUT2D eigenvalue weighted by atomic mass is 32.2. The summed E-state index contributed by atoms with van der Waals surface area (Å²) in [6.07, 6.45) is 2.59. The van der Waals surface area contributed by atoms with Crippen LogP contribution in [0.15, 0.2) is 42.5 Å². The Morgan fingerprint density at radius 2 is 1.76 bits per heavy atom. The van der Waals surface area contributed by atoms with Crippen LogP contribution >= 0.6 is 0 Å². The van der Waals surface area contributed by atoms with Crippen LogP contribution in [0.2, 0.25) is 0 Å². The number of methoxy groups -OCH3 is 3. The Morgan fingerprint density at radius 3 is 2.44 bits per heavy atom. The van der Waals surface area contributed by atoms with Crippen LogP contribution in [0.3, 0.4) is 0 Å². The fraction of sp³-hybridized carbons (Fsp3) is 0.480. The Balaban J connectivity index is 1.57. The quantitative estimate of drug-likeness (QED) is 0.520. The number of ether oxygens (including phenoxy) is 3. The van der Waals surface area contributed by atoms with E-state index in [0.717, 1.165) is 11.1 Å². The van der Waals surface area contributed by atoms with Crippen LogP contribution in [0.25, 0.3) is 0 Å². The maximum Gasteiger partial charge on any atom is 0.224 e. The molecule has 1 atom stereocenters. The molecular formula is C25H34N2O6S. The topological polar surface area (TPSA) is 94.2 Å². The van der Waals surface area contributed by atoms with Gasteiger partial charge in [-0.2, -0.15) is 0 Å². The van der Waals surface area contributed by atoms with E-state index >= 15 is 0 Å². The zero-order chi connectivity index (χ0) is 24.6. The van der Waals surface area contributed by atoms with Crippen LogP contribution in [0.5, 0.6) is 17.2 Å². The molecule has 0 saturated carbocycles. The Bertz CT molecular complexity index is 1060. The van der Waals surface area contributed by atoms with E-state index in [4.69, 9.17) is 14.2 Å². The minimum atomic E-state index is -3.41. The zero-order valence-electron chi connectivity index (χ0n) is 20.1. The Morgan fingerprint density at radius 1 is 1.03 bits per heavy atom. The Kier molecular flexibility index (Phi) is 9.18. The molecule has 0 radical (unpaired) electrons. The summed E-state index contributed by atoms with van der Waals surface area (Å²) < 4.78 is 43.4. The third kappa shape index (κ3) is 6.42. The molecule has 0 aromatic heterocycles. The fourth-order valence-electron chi connectivity index (χ4n) is 4.27. The maximum atomic E-state index is 12.9. The second-order valence-electron chi connectivity index (χ2n) is 8.31. The van der Waals surface area contributed by atoms with Gasteiger partial charge in [-0.05, 0) is 43.4 Å². The number of carbonyl (C=O) groups excluding carboxylic acids is 1. The number of carbonyl (C=O) groups is 1. The van der Waals surface area contributed by atoms with Crippen molar-refractivity contribution in [2.75, 3.05) is 40.2 Å². The molecule has 3 rings (SSSR count). The molecule has 1 amide bonds. The minimum Gasteiger partial charge on any atom is -0.493 e. The predicted octanol–water partition coefficient (Wildman–Crippen LogP) is 3.00. The molecule has 1 fully saturated rings. The van der Waals surface area contributed by atoms with Gasteiger partial charge >= 0.3 is 0 Å². The first-order valence-corrected chi connectivity index (χ1v) is 13.1. The second kappa shape index (κ2) is 12.1. The van der Waals surface area contributed by atoms with Gasteiger partial charge in [-0.15, -0.1) is 0 Å². The number of rotatable bonds is 11. The molecule has 34 heavy (non-hydrogen) atoms. The molecule has 1 N–H and O–H groups in total. The van der Waals surface area contributed by atoms with Crippen molar-refractivity contribution in [2.24, 2.45) is 5.92 Å². The molecule has 2 aromatic carbocycles. The number of amides is 1. The van der Waals surface area contributed by atoms with Crippen molar-refractivity contribution in [1.29, 1.82) is 0 Å². The summed E-state index contributed by atoms with van der Waals surface area (Å²) in [7, 11) is 1.19. The van der Waals surface area contributed by atoms with E-state index in [-0.39, 0.29) is 30.7 Å². The number of hydrogen-bond donors (Lipinski definition) is 1. The summed E-state index contributed by atoms with van der Waals surface area (Å²) in [5.41, 5.74) is 1.87. The summed E-state index contributed by atoms with van der Waals surface area (Å²) in [4.78, 5) is 12.9. The lowest BCUT2D eigenvalue weighted by atomic mass is 9.98. The van der Waals surface area contributed by atoms with E-state index in [9.17, 15) is 13.2 Å². The van der Waals surface area contributed by atoms with Gasteiger partial charge in [0.25, 0.3) is 0 Å². The third-order valence-electron chi connectivity index (χ3n) is 6.10. The highest BCUT2D eigenvalue weighted by molar-refractivity contribution is 7.89. The first-order chi connectivity index (χ1) is 16.4. The molecule has 1 aliphatic heterocycles. The van der Waals surface area contributed by atoms with Crippen molar-refractivity contribution < 1.29 is 27.4 Å². The van der Waals surface area contributed by atoms with Crippen molar-refractivity contribution in [1.82, 2.24) is 9.62 Å². The van der Waals surface area contributed by atoms with Crippen LogP contribution in [0.4, 0.5) is 0 Å². The lowest BCUT2D eigenvalue weighted by molar-refractivity contribution is -0.126. The number of aryl methyl sites for hydroxylation is 1. The average molecular weight is 491 g/mol. The molecule has 2 aromatic rings. The first-order valence-electron chi connectivity index (χ1n) is 11.5. The van der Waals surface area contributed by atoms with Gasteiger partial charge in [0.1, 0.15) is 0 Å². The van der Waals surface area contributed by atoms with Gasteiger partial charge in [-0.25, -0.2) is 12.7 Å². The third-order valence-corrected chi connectivity index (χ3v) is 8.02. The summed E-state index contributed by atoms with van der Waals surface area (Å²) in [5, 5.41) is 2.93. The second-order valence-corrected chi connectivity index (χ2v) is 10.4. The van der Waals surface area contributed by atoms with Gasteiger partial charge in [-0.3, -0.25) is 4.79 Å². The first kappa shape index (κ1) is 25.8. The van der Waals surface area contributed by atoms with E-state index in [1.807, 2.05) is 36.4 Å². The van der Waals surface area contributed by atoms with Crippen LogP contribution in [0.1, 0.15) is 30.4 Å². The summed E-state index contributed by atoms with van der Waals surface area (Å²) >= 11 is 0. The van der Waals surface area contributed by atoms with E-state index < -0.39 is 10.0 Å². The maximum absolute atomic E-state index is 12.9. The molecule has 0 aliphatic carbocycles. The van der Waals surface area contributed by atoms with Gasteiger partial charge in [0, 0.05) is 25.2 Å². The van der Waals surface area contributed by atoms with Gasteiger partial charge < -0.3 is 19.5 Å². The largest absolute Gasteiger partial charge is 0.493 e. The van der Waals surface area contributed by atoms with E-state index in [1.54, 1.807) is 13.2 Å². The molecule has 8 nitrogen and oxygen atoms in total. The SMILES string of the molecule is COc1ccc(CNC(=O)[C@H]2CCCN(S(=O)(=O)CCCc3ccccc3)C2)c(OC)c1OC. The summed E-state index contributed by atoms with van der Waals surface area (Å²) in [6, 6.07) is 13.4. The number of benzene rings is 2. The van der Waals surface area contributed by atoms with Crippen molar-refractivity contribution in [3.8, 4) is 17.2 Å². The Labute approximate surface area is 202 Å². The molecular weight excluding hydrogens is 456 g/mol. The van der Waals surface area contributed by atoms with Crippen LogP contribution in [-0.4, -0.2) is 58.8 Å². The Hall–Kier alpha value is -2.78. The van der Waals surface area contributed by atoms with Gasteiger partial charge in [-0.1, -0.05) is 30.3 Å². The molecule has 186 valence electrons. The highest BCUT2D eigenvalue weighted by Gasteiger charge is 2.32. The summed E-state index contributed by atoms with van der Waals surface area (Å²) in [5.74, 6) is 1.02. The van der Waals surface area contributed by atoms with Gasteiger partial charge in [0.2, 0.25) is 21.7 Å². The monoisotopic (exact) mass is 490 g/mol. The van der Waals surface area contributed by atoms with Gasteiger partial charge in [0.05, 0.1) is 33.0 Å². The molecule has 0 bridgehead atoms. The number of hydrogen-bond acceptors (Lipinski definition) is 6. The highest BCUT2D eigenvalue weighted by Crippen LogP contribution is 2.39.